The van der Waals surface area contributed by atoms with Crippen molar-refractivity contribution in [2.45, 2.75) is 19.8 Å². The Bertz CT molecular complexity index is 167. The predicted molar refractivity (Wildman–Crippen MR) is 57.8 cm³/mol. The molecule has 0 rings (SSSR count). The van der Waals surface area contributed by atoms with Crippen LogP contribution >= 0.6 is 0 Å². The summed E-state index contributed by atoms with van der Waals surface area (Å²) in [7, 11) is 1.33. The predicted octanol–water partition coefficient (Wildman–Crippen LogP) is 0.270. The van der Waals surface area contributed by atoms with Crippen LogP contribution in [0.2, 0.25) is 0 Å². The van der Waals surface area contributed by atoms with Gasteiger partial charge in [0.1, 0.15) is 0 Å². The van der Waals surface area contributed by atoms with E-state index in [4.69, 9.17) is 23.3 Å². The van der Waals surface area contributed by atoms with Crippen LogP contribution in [0.1, 0.15) is 19.8 Å². The zero-order valence-electron chi connectivity index (χ0n) is 9.27. The van der Waals surface area contributed by atoms with Gasteiger partial charge in [0.25, 0.3) is 0 Å². The lowest BCUT2D eigenvalue weighted by molar-refractivity contribution is 0.381. The van der Waals surface area contributed by atoms with Gasteiger partial charge in [-0.3, -0.25) is 9.11 Å². The second-order valence-electron chi connectivity index (χ2n) is 2.93. The quantitative estimate of drug-likeness (QED) is 0.588. The first-order valence-electron chi connectivity index (χ1n) is 4.16. The smallest absolute Gasteiger partial charge is 0.330 e. The van der Waals surface area contributed by atoms with Crippen molar-refractivity contribution in [2.75, 3.05) is 27.7 Å². The van der Waals surface area contributed by atoms with E-state index in [1.807, 2.05) is 26.0 Å². The third kappa shape index (κ3) is 428. The van der Waals surface area contributed by atoms with E-state index < -0.39 is 10.4 Å². The summed E-state index contributed by atoms with van der Waals surface area (Å²) >= 11 is 0. The molecule has 0 aliphatic heterocycles. The molecular weight excluding hydrogens is 208 g/mol. The lowest BCUT2D eigenvalue weighted by Gasteiger charge is -1.90. The van der Waals surface area contributed by atoms with Gasteiger partial charge in [0.2, 0.25) is 0 Å². The van der Waals surface area contributed by atoms with Crippen LogP contribution in [-0.2, 0) is 10.4 Å². The van der Waals surface area contributed by atoms with Gasteiger partial charge in [0.05, 0.1) is 0 Å². The van der Waals surface area contributed by atoms with Gasteiger partial charge in [-0.15, -0.1) is 0 Å². The molecule has 0 aliphatic carbocycles. The molecule has 0 aromatic rings. The largest absolute Gasteiger partial charge is 0.394 e. The Kier molecular flexibility index (Phi) is 17.7. The Morgan fingerprint density at radius 2 is 1.43 bits per heavy atom. The molecule has 0 saturated carbocycles. The van der Waals surface area contributed by atoms with E-state index in [1.54, 1.807) is 0 Å². The molecular formula is C7H22N2O4S. The zero-order chi connectivity index (χ0) is 12.2. The van der Waals surface area contributed by atoms with E-state index >= 15 is 0 Å². The number of hydrogen-bond donors (Lipinski definition) is 3. The molecule has 0 unspecified atom stereocenters. The van der Waals surface area contributed by atoms with E-state index in [1.165, 1.54) is 12.8 Å². The van der Waals surface area contributed by atoms with Gasteiger partial charge in [0, 0.05) is 0 Å². The van der Waals surface area contributed by atoms with Crippen molar-refractivity contribution in [2.24, 2.45) is 5.73 Å². The summed E-state index contributed by atoms with van der Waals surface area (Å²) in [5.41, 5.74) is 5.14. The average molecular weight is 230 g/mol. The Morgan fingerprint density at radius 1 is 1.21 bits per heavy atom. The number of hydrogen-bond acceptors (Lipinski definition) is 4. The summed E-state index contributed by atoms with van der Waals surface area (Å²) in [6.45, 7) is 2.98. The maximum atomic E-state index is 8.74. The van der Waals surface area contributed by atoms with Gasteiger partial charge in [-0.25, -0.2) is 0 Å². The summed E-state index contributed by atoms with van der Waals surface area (Å²) < 4.78 is 31.6. The van der Waals surface area contributed by atoms with Crippen molar-refractivity contribution < 1.29 is 17.5 Å². The van der Waals surface area contributed by atoms with Crippen LogP contribution in [0.4, 0.5) is 0 Å². The Morgan fingerprint density at radius 3 is 1.43 bits per heavy atom. The molecule has 0 saturated heterocycles. The lowest BCUT2D eigenvalue weighted by Crippen LogP contribution is -1.99. The Hall–Kier alpha value is -0.210. The van der Waals surface area contributed by atoms with Crippen LogP contribution in [0.5, 0.6) is 0 Å². The SMILES string of the molecule is CCCCN.CN(C)C.O=S(=O)(O)O. The summed E-state index contributed by atoms with van der Waals surface area (Å²) in [6.07, 6.45) is 2.39. The fraction of sp³-hybridized carbons (Fsp3) is 1.00. The van der Waals surface area contributed by atoms with Crippen LogP contribution in [0.15, 0.2) is 0 Å². The van der Waals surface area contributed by atoms with Crippen molar-refractivity contribution in [3.63, 3.8) is 0 Å². The number of nitrogens with two attached hydrogens (primary N) is 1. The van der Waals surface area contributed by atoms with Crippen LogP contribution in [0.3, 0.4) is 0 Å². The molecule has 0 aromatic heterocycles. The van der Waals surface area contributed by atoms with Gasteiger partial charge >= 0.3 is 10.4 Å². The molecule has 0 radical (unpaired) electrons. The maximum absolute atomic E-state index is 8.74. The summed E-state index contributed by atoms with van der Waals surface area (Å²) in [6, 6.07) is 0. The molecule has 90 valence electrons. The molecule has 0 fully saturated rings. The molecule has 0 aromatic carbocycles. The van der Waals surface area contributed by atoms with Gasteiger partial charge in [-0.1, -0.05) is 13.3 Å². The van der Waals surface area contributed by atoms with Gasteiger partial charge < -0.3 is 10.6 Å². The average Bonchev–Trinajstić information content (AvgIpc) is 1.83. The molecule has 4 N–H and O–H groups in total. The van der Waals surface area contributed by atoms with Crippen LogP contribution in [-0.4, -0.2) is 50.1 Å². The van der Waals surface area contributed by atoms with E-state index in [9.17, 15) is 0 Å². The molecule has 7 heteroatoms. The molecule has 0 bridgehead atoms. The van der Waals surface area contributed by atoms with Crippen molar-refractivity contribution in [1.82, 2.24) is 4.90 Å². The van der Waals surface area contributed by atoms with Gasteiger partial charge in [-0.2, -0.15) is 8.42 Å². The minimum Gasteiger partial charge on any atom is -0.330 e. The number of rotatable bonds is 2. The highest BCUT2D eigenvalue weighted by atomic mass is 32.3. The first-order valence-corrected chi connectivity index (χ1v) is 5.55. The monoisotopic (exact) mass is 230 g/mol. The standard InChI is InChI=1S/C4H11N.C3H9N.H2O4S/c1-2-3-4-5;1-4(2)3;1-5(2,3)4/h2-5H2,1H3;1-3H3;(H2,1,2,3,4). The molecule has 0 amide bonds. The minimum absolute atomic E-state index is 0.844. The van der Waals surface area contributed by atoms with Crippen molar-refractivity contribution in [3.05, 3.63) is 0 Å². The Balaban J connectivity index is -0.000000131. The van der Waals surface area contributed by atoms with E-state index in [0.717, 1.165) is 6.54 Å². The molecule has 0 atom stereocenters. The highest BCUT2D eigenvalue weighted by Crippen LogP contribution is 1.77. The van der Waals surface area contributed by atoms with E-state index in [-0.39, 0.29) is 0 Å². The summed E-state index contributed by atoms with van der Waals surface area (Å²) in [5.74, 6) is 0. The summed E-state index contributed by atoms with van der Waals surface area (Å²) in [5, 5.41) is 0. The minimum atomic E-state index is -4.67. The first kappa shape index (κ1) is 19.4. The molecule has 6 nitrogen and oxygen atoms in total. The molecule has 0 spiro atoms. The maximum Gasteiger partial charge on any atom is 0.394 e. The highest BCUT2D eigenvalue weighted by molar-refractivity contribution is 7.79. The topological polar surface area (TPSA) is 104 Å². The van der Waals surface area contributed by atoms with Crippen molar-refractivity contribution in [3.8, 4) is 0 Å². The fourth-order valence-corrected chi connectivity index (χ4v) is 0.204. The third-order valence-electron chi connectivity index (χ3n) is 0.558. The molecule has 0 heterocycles. The zero-order valence-corrected chi connectivity index (χ0v) is 10.1. The second kappa shape index (κ2) is 12.8. The summed E-state index contributed by atoms with van der Waals surface area (Å²) in [4.78, 5) is 2.00. The van der Waals surface area contributed by atoms with Crippen LogP contribution < -0.4 is 5.73 Å². The Labute approximate surface area is 86.7 Å². The van der Waals surface area contributed by atoms with Crippen LogP contribution in [0.25, 0.3) is 0 Å². The van der Waals surface area contributed by atoms with E-state index in [0.29, 0.717) is 0 Å². The van der Waals surface area contributed by atoms with Gasteiger partial charge in [-0.05, 0) is 34.1 Å². The normalized spacial score (nSPS) is 9.71. The van der Waals surface area contributed by atoms with Gasteiger partial charge in [0.15, 0.2) is 0 Å². The van der Waals surface area contributed by atoms with Crippen molar-refractivity contribution >= 4 is 10.4 Å². The molecule has 0 aliphatic rings. The molecule has 14 heavy (non-hydrogen) atoms. The van der Waals surface area contributed by atoms with Crippen molar-refractivity contribution in [1.29, 1.82) is 0 Å². The first-order chi connectivity index (χ1) is 6.15. The van der Waals surface area contributed by atoms with E-state index in [2.05, 4.69) is 6.92 Å². The third-order valence-corrected chi connectivity index (χ3v) is 0.558. The number of nitrogens with zero attached hydrogens (tertiary/aromatic N) is 1. The number of unbranched alkanes of at least 4 members (excludes halogenated alkanes) is 1. The lowest BCUT2D eigenvalue weighted by atomic mass is 10.3. The second-order valence-corrected chi connectivity index (χ2v) is 3.83. The van der Waals surface area contributed by atoms with Crippen LogP contribution in [0, 0.1) is 0 Å². The fourth-order valence-electron chi connectivity index (χ4n) is 0.204. The highest BCUT2D eigenvalue weighted by Gasteiger charge is 1.84.